The van der Waals surface area contributed by atoms with E-state index in [1.54, 1.807) is 40.7 Å². The highest BCUT2D eigenvalue weighted by atomic mass is 19.1. The van der Waals surface area contributed by atoms with Crippen molar-refractivity contribution in [3.05, 3.63) is 94.7 Å². The van der Waals surface area contributed by atoms with Gasteiger partial charge in [-0.15, -0.1) is 0 Å². The summed E-state index contributed by atoms with van der Waals surface area (Å²) in [4.78, 5) is 79.0. The van der Waals surface area contributed by atoms with Crippen molar-refractivity contribution in [1.82, 2.24) is 51.1 Å². The fourth-order valence-corrected chi connectivity index (χ4v) is 10.8. The number of benzene rings is 2. The second kappa shape index (κ2) is 25.7. The molecule has 21 heteroatoms. The van der Waals surface area contributed by atoms with Crippen molar-refractivity contribution in [2.24, 2.45) is 5.41 Å². The lowest BCUT2D eigenvalue weighted by Crippen LogP contribution is -2.59. The number of nitrogens with one attached hydrogen (secondary N) is 5. The molecule has 3 fully saturated rings. The molecule has 7 N–H and O–H groups in total. The Bertz CT molecular complexity index is 2830. The van der Waals surface area contributed by atoms with Gasteiger partial charge in [-0.1, -0.05) is 58.0 Å². The molecule has 78 heavy (non-hydrogen) atoms. The van der Waals surface area contributed by atoms with E-state index < -0.39 is 29.4 Å². The van der Waals surface area contributed by atoms with Gasteiger partial charge in [0.2, 0.25) is 23.6 Å². The van der Waals surface area contributed by atoms with Gasteiger partial charge in [-0.05, 0) is 93.3 Å². The van der Waals surface area contributed by atoms with Crippen LogP contribution in [-0.2, 0) is 41.7 Å². The van der Waals surface area contributed by atoms with E-state index in [4.69, 9.17) is 20.3 Å². The highest BCUT2D eigenvalue weighted by Gasteiger charge is 2.46. The molecule has 8 rings (SSSR count). The van der Waals surface area contributed by atoms with E-state index in [0.29, 0.717) is 72.6 Å². The molecule has 5 amide bonds. The molecule has 1 aliphatic carbocycles. The number of nitrogens with two attached hydrogens (primary N) is 1. The van der Waals surface area contributed by atoms with Crippen LogP contribution in [0.4, 0.5) is 15.9 Å². The molecule has 0 spiro atoms. The van der Waals surface area contributed by atoms with Crippen LogP contribution >= 0.6 is 0 Å². The van der Waals surface area contributed by atoms with E-state index in [9.17, 15) is 33.6 Å². The number of halogens is 1. The highest BCUT2D eigenvalue weighted by molar-refractivity contribution is 5.97. The van der Waals surface area contributed by atoms with E-state index in [1.165, 1.54) is 12.1 Å². The van der Waals surface area contributed by atoms with Gasteiger partial charge in [-0.25, -0.2) is 9.37 Å². The van der Waals surface area contributed by atoms with Gasteiger partial charge >= 0.3 is 0 Å². The van der Waals surface area contributed by atoms with Crippen molar-refractivity contribution in [3.63, 3.8) is 0 Å². The van der Waals surface area contributed by atoms with Crippen LogP contribution in [-0.4, -0.2) is 144 Å². The normalized spacial score (nSPS) is 19.3. The first kappa shape index (κ1) is 57.2. The van der Waals surface area contributed by atoms with Gasteiger partial charge in [0.25, 0.3) is 5.91 Å². The van der Waals surface area contributed by atoms with Gasteiger partial charge in [0, 0.05) is 67.6 Å². The second-order valence-electron chi connectivity index (χ2n) is 21.8. The summed E-state index contributed by atoms with van der Waals surface area (Å²) in [6.07, 6.45) is 5.88. The van der Waals surface area contributed by atoms with Crippen LogP contribution in [0.25, 0.3) is 11.1 Å². The summed E-state index contributed by atoms with van der Waals surface area (Å²) in [6, 6.07) is 15.4. The SMILES string of the molecule is CC[C@H](NC(=O)[C@H]1C[C@@H](NCCOCCOCCC(=O)NCCn2nc3c(c2C#N)-c2cnc(N)c(c2)N2CCC[C@@H]2c2cc(F)ccc2C(=O)N(C2CC2)C3)CN1C(=O)C(NC(=O)[C@@H](C)NC)C(C)(C)C)c1ccccc1. The number of aromatic nitrogens is 3. The number of likely N-dealkylation sites (tertiary alicyclic amines) is 1. The number of pyridine rings is 1. The molecule has 2 aromatic heterocycles. The molecule has 3 aliphatic heterocycles. The number of rotatable bonds is 22. The van der Waals surface area contributed by atoms with Crippen molar-refractivity contribution in [1.29, 1.82) is 5.26 Å². The fraction of sp³-hybridized carbons (Fsp3) is 0.544. The molecule has 1 unspecified atom stereocenters. The monoisotopic (exact) mass is 1070 g/mol. The average molecular weight is 1070 g/mol. The summed E-state index contributed by atoms with van der Waals surface area (Å²) in [5.41, 5.74) is 10.4. The number of nitrogens with zero attached hydrogens (tertiary/aromatic N) is 7. The zero-order chi connectivity index (χ0) is 55.7. The number of nitrogen functional groups attached to an aromatic ring is 1. The van der Waals surface area contributed by atoms with Crippen molar-refractivity contribution in [3.8, 4) is 17.2 Å². The van der Waals surface area contributed by atoms with Gasteiger partial charge in [0.05, 0.1) is 69.0 Å². The number of anilines is 2. The van der Waals surface area contributed by atoms with Crippen LogP contribution < -0.4 is 37.2 Å². The smallest absolute Gasteiger partial charge is 0.254 e. The summed E-state index contributed by atoms with van der Waals surface area (Å²) in [5, 5.41) is 30.9. The fourth-order valence-electron chi connectivity index (χ4n) is 10.8. The molecular weight excluding hydrogens is 998 g/mol. The Kier molecular flexibility index (Phi) is 18.8. The molecule has 2 bridgehead atoms. The van der Waals surface area contributed by atoms with Crippen molar-refractivity contribution in [2.75, 3.05) is 70.3 Å². The maximum atomic E-state index is 14.9. The second-order valence-corrected chi connectivity index (χ2v) is 21.8. The summed E-state index contributed by atoms with van der Waals surface area (Å²) >= 11 is 0. The molecule has 6 atom stereocenters. The number of amides is 5. The van der Waals surface area contributed by atoms with Crippen LogP contribution in [0.2, 0.25) is 0 Å². The van der Waals surface area contributed by atoms with Crippen LogP contribution in [0, 0.1) is 22.6 Å². The third-order valence-corrected chi connectivity index (χ3v) is 15.3. The first-order chi connectivity index (χ1) is 37.5. The first-order valence-electron chi connectivity index (χ1n) is 27.4. The van der Waals surface area contributed by atoms with Crippen LogP contribution in [0.1, 0.15) is 125 Å². The molecule has 4 aliphatic rings. The van der Waals surface area contributed by atoms with Crippen LogP contribution in [0.5, 0.6) is 0 Å². The largest absolute Gasteiger partial charge is 0.382 e. The molecule has 5 heterocycles. The van der Waals surface area contributed by atoms with Gasteiger partial charge in [-0.2, -0.15) is 10.4 Å². The van der Waals surface area contributed by atoms with Gasteiger partial charge in [0.15, 0.2) is 0 Å². The molecule has 20 nitrogen and oxygen atoms in total. The third kappa shape index (κ3) is 13.5. The molecule has 2 saturated heterocycles. The average Bonchev–Trinajstić information content (AvgIpc) is 3.85. The quantitative estimate of drug-likeness (QED) is 0.0593. The van der Waals surface area contributed by atoms with Gasteiger partial charge in [-0.3, -0.25) is 28.7 Å². The lowest BCUT2D eigenvalue weighted by Gasteiger charge is -2.36. The maximum absolute atomic E-state index is 14.9. The number of carbonyl (C=O) groups is 5. The minimum Gasteiger partial charge on any atom is -0.382 e. The molecule has 4 aromatic rings. The Morgan fingerprint density at radius 1 is 0.974 bits per heavy atom. The molecule has 1 saturated carbocycles. The van der Waals surface area contributed by atoms with Crippen LogP contribution in [0.3, 0.4) is 0 Å². The molecule has 418 valence electrons. The first-order valence-corrected chi connectivity index (χ1v) is 27.4. The highest BCUT2D eigenvalue weighted by Crippen LogP contribution is 2.44. The topological polar surface area (TPSA) is 254 Å². The number of fused-ring (bicyclic) bond motifs is 8. The van der Waals surface area contributed by atoms with E-state index in [2.05, 4.69) is 42.5 Å². The number of hydrogen-bond donors (Lipinski definition) is 6. The van der Waals surface area contributed by atoms with Crippen LogP contribution in [0.15, 0.2) is 60.8 Å². The van der Waals surface area contributed by atoms with Crippen molar-refractivity contribution < 1.29 is 37.8 Å². The number of carbonyl (C=O) groups excluding carboxylic acids is 5. The third-order valence-electron chi connectivity index (χ3n) is 15.3. The summed E-state index contributed by atoms with van der Waals surface area (Å²) in [7, 11) is 1.68. The van der Waals surface area contributed by atoms with E-state index >= 15 is 0 Å². The molecule has 2 aromatic carbocycles. The summed E-state index contributed by atoms with van der Waals surface area (Å²) < 4.78 is 28.0. The standard InChI is InChI=1S/C57H76FN13O7/c1-7-43(36-12-9-8-10-13-36)65-54(74)47-30-39(33-70(47)56(76)51(57(3,4)5)66-53(73)35(2)61-6)62-21-25-78-27-26-77-24-19-49(72)63-20-23-71-48(31-59)50-37-28-46(52(60)64-32-37)68-22-11-14-45(68)42-29-38(58)15-18-41(42)55(75)69(40-16-17-40)34-44(50)67-71/h8-10,12-13,15,18,28-29,32,35,39-40,43,45,47,51,61-62H,7,11,14,16-17,19-27,30,33-34H2,1-6H3,(H2,60,64)(H,63,72)(H,65,74)(H,66,73)/t35-,39-,43+,45-,47-,51?/m1/s1. The Morgan fingerprint density at radius 2 is 1.73 bits per heavy atom. The lowest BCUT2D eigenvalue weighted by molar-refractivity contribution is -0.144. The zero-order valence-electron chi connectivity index (χ0n) is 45.8. The minimum absolute atomic E-state index is 0.0288. The predicted octanol–water partition coefficient (Wildman–Crippen LogP) is 4.50. The van der Waals surface area contributed by atoms with Gasteiger partial charge < -0.3 is 56.5 Å². The Morgan fingerprint density at radius 3 is 2.44 bits per heavy atom. The van der Waals surface area contributed by atoms with E-state index in [1.807, 2.05) is 64.1 Å². The van der Waals surface area contributed by atoms with Gasteiger partial charge in [0.1, 0.15) is 35.5 Å². The van der Waals surface area contributed by atoms with Crippen molar-refractivity contribution in [2.45, 2.75) is 135 Å². The Hall–Kier alpha value is -6.99. The summed E-state index contributed by atoms with van der Waals surface area (Å²) in [6.45, 7) is 12.2. The lowest BCUT2D eigenvalue weighted by atomic mass is 9.85. The number of hydrogen-bond acceptors (Lipinski definition) is 14. The zero-order valence-corrected chi connectivity index (χ0v) is 45.8. The number of ether oxygens (including phenoxy) is 2. The predicted molar refractivity (Wildman–Crippen MR) is 292 cm³/mol. The van der Waals surface area contributed by atoms with Crippen molar-refractivity contribution >= 4 is 41.0 Å². The Balaban J connectivity index is 0.817. The van der Waals surface area contributed by atoms with E-state index in [0.717, 1.165) is 24.8 Å². The Labute approximate surface area is 456 Å². The molecular formula is C57H76FN13O7. The number of nitriles is 1. The van der Waals surface area contributed by atoms with E-state index in [-0.39, 0.29) is 118 Å². The molecule has 0 radical (unpaired) electrons. The number of likely N-dealkylation sites (N-methyl/N-ethyl adjacent to an activating group) is 1. The minimum atomic E-state index is -0.873. The maximum Gasteiger partial charge on any atom is 0.254 e. The summed E-state index contributed by atoms with van der Waals surface area (Å²) in [5.74, 6) is -1.49.